The Morgan fingerprint density at radius 3 is 2.67 bits per heavy atom. The summed E-state index contributed by atoms with van der Waals surface area (Å²) in [6.45, 7) is 5.40. The standard InChI is InChI=1S/C16H21FN2O2/c1-11(2)7-8-19-10-12(9-15(19)20)16(21)18-14-5-3-13(17)4-6-14/h3-6,11-12H,7-10H2,1-2H3,(H,18,21). The number of nitrogens with zero attached hydrogens (tertiary/aromatic N) is 1. The lowest BCUT2D eigenvalue weighted by Crippen LogP contribution is -2.29. The molecular formula is C16H21FN2O2. The van der Waals surface area contributed by atoms with E-state index in [9.17, 15) is 14.0 Å². The second kappa shape index (κ2) is 6.70. The second-order valence-corrected chi connectivity index (χ2v) is 5.92. The van der Waals surface area contributed by atoms with Crippen molar-refractivity contribution >= 4 is 17.5 Å². The van der Waals surface area contributed by atoms with Crippen molar-refractivity contribution in [3.8, 4) is 0 Å². The first kappa shape index (κ1) is 15.5. The number of likely N-dealkylation sites (tertiary alicyclic amines) is 1. The van der Waals surface area contributed by atoms with Crippen LogP contribution in [0, 0.1) is 17.7 Å². The molecule has 1 heterocycles. The lowest BCUT2D eigenvalue weighted by atomic mass is 10.1. The van der Waals surface area contributed by atoms with Gasteiger partial charge in [-0.3, -0.25) is 9.59 Å². The van der Waals surface area contributed by atoms with Crippen molar-refractivity contribution in [2.75, 3.05) is 18.4 Å². The molecule has 2 amide bonds. The second-order valence-electron chi connectivity index (χ2n) is 5.92. The third-order valence-electron chi connectivity index (χ3n) is 3.67. The molecule has 1 fully saturated rings. The number of carbonyl (C=O) groups excluding carboxylic acids is 2. The number of hydrogen-bond donors (Lipinski definition) is 1. The summed E-state index contributed by atoms with van der Waals surface area (Å²) in [5, 5.41) is 2.73. The van der Waals surface area contributed by atoms with Gasteiger partial charge >= 0.3 is 0 Å². The fourth-order valence-electron chi connectivity index (χ4n) is 2.36. The molecule has 0 aromatic heterocycles. The van der Waals surface area contributed by atoms with Crippen LogP contribution in [-0.4, -0.2) is 29.8 Å². The number of amides is 2. The van der Waals surface area contributed by atoms with Crippen molar-refractivity contribution in [1.82, 2.24) is 4.90 Å². The number of anilines is 1. The minimum Gasteiger partial charge on any atom is -0.342 e. The Labute approximate surface area is 124 Å². The van der Waals surface area contributed by atoms with Crippen LogP contribution >= 0.6 is 0 Å². The molecule has 0 aliphatic carbocycles. The normalized spacial score (nSPS) is 18.4. The molecule has 21 heavy (non-hydrogen) atoms. The third-order valence-corrected chi connectivity index (χ3v) is 3.67. The molecular weight excluding hydrogens is 271 g/mol. The lowest BCUT2D eigenvalue weighted by Gasteiger charge is -2.17. The van der Waals surface area contributed by atoms with Gasteiger partial charge in [0.15, 0.2) is 0 Å². The summed E-state index contributed by atoms with van der Waals surface area (Å²) >= 11 is 0. The van der Waals surface area contributed by atoms with E-state index in [2.05, 4.69) is 19.2 Å². The number of rotatable bonds is 5. The first-order chi connectivity index (χ1) is 9.95. The van der Waals surface area contributed by atoms with Gasteiger partial charge in [-0.2, -0.15) is 0 Å². The van der Waals surface area contributed by atoms with E-state index in [1.54, 1.807) is 4.90 Å². The molecule has 2 rings (SSSR count). The Balaban J connectivity index is 1.89. The lowest BCUT2D eigenvalue weighted by molar-refractivity contribution is -0.128. The molecule has 1 aliphatic rings. The molecule has 1 aromatic rings. The minimum absolute atomic E-state index is 0.0370. The van der Waals surface area contributed by atoms with Gasteiger partial charge in [0, 0.05) is 25.2 Å². The molecule has 0 radical (unpaired) electrons. The number of carbonyl (C=O) groups is 2. The summed E-state index contributed by atoms with van der Waals surface area (Å²) in [6.07, 6.45) is 1.20. The zero-order chi connectivity index (χ0) is 15.4. The van der Waals surface area contributed by atoms with E-state index in [1.165, 1.54) is 24.3 Å². The van der Waals surface area contributed by atoms with E-state index in [4.69, 9.17) is 0 Å². The van der Waals surface area contributed by atoms with Crippen LogP contribution in [0.3, 0.4) is 0 Å². The zero-order valence-corrected chi connectivity index (χ0v) is 12.4. The maximum Gasteiger partial charge on any atom is 0.229 e. The average molecular weight is 292 g/mol. The predicted octanol–water partition coefficient (Wildman–Crippen LogP) is 2.66. The van der Waals surface area contributed by atoms with E-state index in [-0.39, 0.29) is 30.0 Å². The zero-order valence-electron chi connectivity index (χ0n) is 12.4. The van der Waals surface area contributed by atoms with Crippen molar-refractivity contribution < 1.29 is 14.0 Å². The number of nitrogens with one attached hydrogen (secondary N) is 1. The maximum atomic E-state index is 12.8. The van der Waals surface area contributed by atoms with Crippen LogP contribution in [-0.2, 0) is 9.59 Å². The van der Waals surface area contributed by atoms with Crippen LogP contribution in [0.4, 0.5) is 10.1 Å². The predicted molar refractivity (Wildman–Crippen MR) is 79.2 cm³/mol. The number of benzene rings is 1. The summed E-state index contributed by atoms with van der Waals surface area (Å²) < 4.78 is 12.8. The van der Waals surface area contributed by atoms with E-state index in [1.807, 2.05) is 0 Å². The van der Waals surface area contributed by atoms with E-state index >= 15 is 0 Å². The summed E-state index contributed by atoms with van der Waals surface area (Å²) in [5.74, 6) is -0.277. The maximum absolute atomic E-state index is 12.8. The largest absolute Gasteiger partial charge is 0.342 e. The van der Waals surface area contributed by atoms with Gasteiger partial charge in [-0.25, -0.2) is 4.39 Å². The van der Waals surface area contributed by atoms with Gasteiger partial charge in [0.1, 0.15) is 5.82 Å². The van der Waals surface area contributed by atoms with Crippen molar-refractivity contribution in [3.63, 3.8) is 0 Å². The van der Waals surface area contributed by atoms with E-state index in [0.717, 1.165) is 6.42 Å². The van der Waals surface area contributed by atoms with Gasteiger partial charge < -0.3 is 10.2 Å². The highest BCUT2D eigenvalue weighted by Crippen LogP contribution is 2.21. The first-order valence-corrected chi connectivity index (χ1v) is 7.30. The van der Waals surface area contributed by atoms with Gasteiger partial charge in [0.2, 0.25) is 11.8 Å². The van der Waals surface area contributed by atoms with Crippen LogP contribution in [0.2, 0.25) is 0 Å². The van der Waals surface area contributed by atoms with Crippen LogP contribution < -0.4 is 5.32 Å². The highest BCUT2D eigenvalue weighted by Gasteiger charge is 2.33. The van der Waals surface area contributed by atoms with Crippen LogP contribution in [0.5, 0.6) is 0 Å². The van der Waals surface area contributed by atoms with Crippen molar-refractivity contribution in [2.24, 2.45) is 11.8 Å². The summed E-state index contributed by atoms with van der Waals surface area (Å²) in [4.78, 5) is 25.8. The molecule has 0 bridgehead atoms. The van der Waals surface area contributed by atoms with E-state index in [0.29, 0.717) is 24.7 Å². The minimum atomic E-state index is -0.344. The van der Waals surface area contributed by atoms with Gasteiger partial charge in [0.25, 0.3) is 0 Å². The summed E-state index contributed by atoms with van der Waals surface area (Å²) in [5.41, 5.74) is 0.550. The highest BCUT2D eigenvalue weighted by atomic mass is 19.1. The fraction of sp³-hybridized carbons (Fsp3) is 0.500. The smallest absolute Gasteiger partial charge is 0.229 e. The molecule has 1 unspecified atom stereocenters. The molecule has 1 atom stereocenters. The SMILES string of the molecule is CC(C)CCN1CC(C(=O)Nc2ccc(F)cc2)CC1=O. The van der Waals surface area contributed by atoms with Crippen molar-refractivity contribution in [1.29, 1.82) is 0 Å². The molecule has 1 saturated heterocycles. The van der Waals surface area contributed by atoms with Crippen LogP contribution in [0.15, 0.2) is 24.3 Å². The summed E-state index contributed by atoms with van der Waals surface area (Å²) in [6, 6.07) is 5.62. The van der Waals surface area contributed by atoms with Gasteiger partial charge in [-0.15, -0.1) is 0 Å². The Morgan fingerprint density at radius 2 is 2.05 bits per heavy atom. The summed E-state index contributed by atoms with van der Waals surface area (Å²) in [7, 11) is 0. The van der Waals surface area contributed by atoms with E-state index < -0.39 is 0 Å². The van der Waals surface area contributed by atoms with Crippen molar-refractivity contribution in [3.05, 3.63) is 30.1 Å². The Kier molecular flexibility index (Phi) is 4.94. The Hall–Kier alpha value is -1.91. The molecule has 4 nitrogen and oxygen atoms in total. The molecule has 114 valence electrons. The average Bonchev–Trinajstić information content (AvgIpc) is 2.80. The monoisotopic (exact) mass is 292 g/mol. The molecule has 0 saturated carbocycles. The van der Waals surface area contributed by atoms with Gasteiger partial charge in [-0.05, 0) is 36.6 Å². The van der Waals surface area contributed by atoms with Gasteiger partial charge in [0.05, 0.1) is 5.92 Å². The van der Waals surface area contributed by atoms with Crippen LogP contribution in [0.25, 0.3) is 0 Å². The quantitative estimate of drug-likeness (QED) is 0.907. The number of halogens is 1. The molecule has 1 aromatic carbocycles. The van der Waals surface area contributed by atoms with Crippen LogP contribution in [0.1, 0.15) is 26.7 Å². The third kappa shape index (κ3) is 4.28. The molecule has 1 aliphatic heterocycles. The Bertz CT molecular complexity index is 514. The topological polar surface area (TPSA) is 49.4 Å². The molecule has 5 heteroatoms. The first-order valence-electron chi connectivity index (χ1n) is 7.30. The Morgan fingerprint density at radius 1 is 1.38 bits per heavy atom. The fourth-order valence-corrected chi connectivity index (χ4v) is 2.36. The number of hydrogen-bond acceptors (Lipinski definition) is 2. The highest BCUT2D eigenvalue weighted by molar-refractivity contribution is 5.97. The van der Waals surface area contributed by atoms with Crippen molar-refractivity contribution in [2.45, 2.75) is 26.7 Å². The van der Waals surface area contributed by atoms with Gasteiger partial charge in [-0.1, -0.05) is 13.8 Å². The molecule has 0 spiro atoms. The molecule has 1 N–H and O–H groups in total.